The molecule has 1 aromatic carbocycles. The Labute approximate surface area is 130 Å². The first-order valence-corrected chi connectivity index (χ1v) is 8.69. The monoisotopic (exact) mass is 288 g/mol. The van der Waals surface area contributed by atoms with Gasteiger partial charge in [-0.25, -0.2) is 0 Å². The summed E-state index contributed by atoms with van der Waals surface area (Å²) >= 11 is 0. The van der Waals surface area contributed by atoms with E-state index in [0.29, 0.717) is 6.04 Å². The first-order chi connectivity index (χ1) is 10.2. The molecule has 2 rings (SSSR count). The van der Waals surface area contributed by atoms with Gasteiger partial charge >= 0.3 is 0 Å². The SMILES string of the molecule is CCC(C)CC(C)NC1CCN(Cc2ccccc2)CC1. The number of benzene rings is 1. The molecule has 0 amide bonds. The first kappa shape index (κ1) is 16.5. The highest BCUT2D eigenvalue weighted by atomic mass is 15.1. The number of likely N-dealkylation sites (tertiary alicyclic amines) is 1. The molecule has 0 aromatic heterocycles. The number of hydrogen-bond acceptors (Lipinski definition) is 2. The van der Waals surface area contributed by atoms with E-state index < -0.39 is 0 Å². The summed E-state index contributed by atoms with van der Waals surface area (Å²) in [6.07, 6.45) is 5.18. The zero-order chi connectivity index (χ0) is 15.1. The predicted octanol–water partition coefficient (Wildman–Crippen LogP) is 4.07. The van der Waals surface area contributed by atoms with E-state index in [0.717, 1.165) is 18.5 Å². The lowest BCUT2D eigenvalue weighted by molar-refractivity contribution is 0.182. The third kappa shape index (κ3) is 5.80. The van der Waals surface area contributed by atoms with E-state index in [-0.39, 0.29) is 0 Å². The molecule has 0 aliphatic carbocycles. The second-order valence-corrected chi connectivity index (χ2v) is 6.85. The smallest absolute Gasteiger partial charge is 0.0233 e. The lowest BCUT2D eigenvalue weighted by Gasteiger charge is -2.34. The molecule has 2 atom stereocenters. The molecular weight excluding hydrogens is 256 g/mol. The van der Waals surface area contributed by atoms with Crippen LogP contribution in [0.15, 0.2) is 30.3 Å². The molecule has 1 saturated heterocycles. The number of rotatable bonds is 7. The van der Waals surface area contributed by atoms with Crippen LogP contribution in [0.2, 0.25) is 0 Å². The lowest BCUT2D eigenvalue weighted by atomic mass is 9.98. The standard InChI is InChI=1S/C19H32N2/c1-4-16(2)14-17(3)20-19-10-12-21(13-11-19)15-18-8-6-5-7-9-18/h5-9,16-17,19-20H,4,10-15H2,1-3H3. The maximum absolute atomic E-state index is 3.84. The van der Waals surface area contributed by atoms with E-state index in [9.17, 15) is 0 Å². The van der Waals surface area contributed by atoms with Crippen LogP contribution in [0, 0.1) is 5.92 Å². The molecule has 2 unspecified atom stereocenters. The van der Waals surface area contributed by atoms with Crippen LogP contribution >= 0.6 is 0 Å². The van der Waals surface area contributed by atoms with Crippen molar-refractivity contribution < 1.29 is 0 Å². The van der Waals surface area contributed by atoms with Crippen LogP contribution in [0.5, 0.6) is 0 Å². The van der Waals surface area contributed by atoms with Crippen molar-refractivity contribution in [3.63, 3.8) is 0 Å². The molecule has 1 aliphatic rings. The molecule has 0 radical (unpaired) electrons. The quantitative estimate of drug-likeness (QED) is 0.814. The van der Waals surface area contributed by atoms with Gasteiger partial charge in [0.05, 0.1) is 0 Å². The van der Waals surface area contributed by atoms with Crippen molar-refractivity contribution in [2.24, 2.45) is 5.92 Å². The fourth-order valence-electron chi connectivity index (χ4n) is 3.34. The average molecular weight is 288 g/mol. The van der Waals surface area contributed by atoms with Gasteiger partial charge in [0.25, 0.3) is 0 Å². The summed E-state index contributed by atoms with van der Waals surface area (Å²) in [5.74, 6) is 0.839. The normalized spacial score (nSPS) is 20.3. The van der Waals surface area contributed by atoms with Gasteiger partial charge in [-0.2, -0.15) is 0 Å². The van der Waals surface area contributed by atoms with Crippen LogP contribution in [0.1, 0.15) is 52.0 Å². The van der Waals surface area contributed by atoms with Gasteiger partial charge in [0, 0.05) is 18.6 Å². The van der Waals surface area contributed by atoms with Crippen molar-refractivity contribution in [1.29, 1.82) is 0 Å². The Morgan fingerprint density at radius 3 is 2.43 bits per heavy atom. The Kier molecular flexibility index (Phi) is 6.72. The summed E-state index contributed by atoms with van der Waals surface area (Å²) in [5.41, 5.74) is 1.44. The van der Waals surface area contributed by atoms with Crippen molar-refractivity contribution in [2.75, 3.05) is 13.1 Å². The lowest BCUT2D eigenvalue weighted by Crippen LogP contribution is -2.45. The highest BCUT2D eigenvalue weighted by molar-refractivity contribution is 5.14. The molecule has 2 heteroatoms. The van der Waals surface area contributed by atoms with Crippen LogP contribution in [-0.2, 0) is 6.54 Å². The van der Waals surface area contributed by atoms with E-state index in [1.165, 1.54) is 44.3 Å². The van der Waals surface area contributed by atoms with Gasteiger partial charge in [-0.1, -0.05) is 50.6 Å². The molecule has 0 saturated carbocycles. The maximum Gasteiger partial charge on any atom is 0.0233 e. The topological polar surface area (TPSA) is 15.3 Å². The summed E-state index contributed by atoms with van der Waals surface area (Å²) in [6, 6.07) is 12.2. The molecular formula is C19H32N2. The third-order valence-electron chi connectivity index (χ3n) is 4.81. The first-order valence-electron chi connectivity index (χ1n) is 8.69. The summed E-state index contributed by atoms with van der Waals surface area (Å²) < 4.78 is 0. The molecule has 21 heavy (non-hydrogen) atoms. The van der Waals surface area contributed by atoms with Gasteiger partial charge in [-0.05, 0) is 50.8 Å². The molecule has 2 nitrogen and oxygen atoms in total. The minimum atomic E-state index is 0.658. The Morgan fingerprint density at radius 2 is 1.81 bits per heavy atom. The second kappa shape index (κ2) is 8.55. The van der Waals surface area contributed by atoms with Crippen molar-refractivity contribution in [1.82, 2.24) is 10.2 Å². The molecule has 1 aromatic rings. The molecule has 1 heterocycles. The van der Waals surface area contributed by atoms with Gasteiger partial charge in [-0.15, -0.1) is 0 Å². The van der Waals surface area contributed by atoms with Crippen molar-refractivity contribution in [3.05, 3.63) is 35.9 Å². The number of nitrogens with zero attached hydrogens (tertiary/aromatic N) is 1. The van der Waals surface area contributed by atoms with Crippen LogP contribution in [0.4, 0.5) is 0 Å². The highest BCUT2D eigenvalue weighted by Gasteiger charge is 2.20. The van der Waals surface area contributed by atoms with Gasteiger partial charge in [0.2, 0.25) is 0 Å². The average Bonchev–Trinajstić information content (AvgIpc) is 2.50. The van der Waals surface area contributed by atoms with Gasteiger partial charge < -0.3 is 5.32 Å². The Hall–Kier alpha value is -0.860. The van der Waals surface area contributed by atoms with E-state index in [1.54, 1.807) is 0 Å². The van der Waals surface area contributed by atoms with Crippen molar-refractivity contribution in [3.8, 4) is 0 Å². The summed E-state index contributed by atoms with van der Waals surface area (Å²) in [5, 5.41) is 3.84. The van der Waals surface area contributed by atoms with E-state index >= 15 is 0 Å². The Bertz CT molecular complexity index is 382. The van der Waals surface area contributed by atoms with Crippen LogP contribution in [0.25, 0.3) is 0 Å². The van der Waals surface area contributed by atoms with E-state index in [2.05, 4.69) is 61.3 Å². The van der Waals surface area contributed by atoms with Gasteiger partial charge in [0.1, 0.15) is 0 Å². The number of hydrogen-bond donors (Lipinski definition) is 1. The minimum Gasteiger partial charge on any atom is -0.311 e. The van der Waals surface area contributed by atoms with Crippen LogP contribution in [0.3, 0.4) is 0 Å². The zero-order valence-corrected chi connectivity index (χ0v) is 14.0. The second-order valence-electron chi connectivity index (χ2n) is 6.85. The summed E-state index contributed by atoms with van der Waals surface area (Å²) in [7, 11) is 0. The minimum absolute atomic E-state index is 0.658. The Balaban J connectivity index is 1.68. The number of piperidine rings is 1. The molecule has 1 aliphatic heterocycles. The number of nitrogens with one attached hydrogen (secondary N) is 1. The molecule has 0 bridgehead atoms. The molecule has 0 spiro atoms. The fraction of sp³-hybridized carbons (Fsp3) is 0.684. The molecule has 118 valence electrons. The van der Waals surface area contributed by atoms with Gasteiger partial charge in [-0.3, -0.25) is 4.90 Å². The Morgan fingerprint density at radius 1 is 1.14 bits per heavy atom. The maximum atomic E-state index is 3.84. The van der Waals surface area contributed by atoms with E-state index in [4.69, 9.17) is 0 Å². The van der Waals surface area contributed by atoms with Crippen LogP contribution < -0.4 is 5.32 Å². The third-order valence-corrected chi connectivity index (χ3v) is 4.81. The van der Waals surface area contributed by atoms with Crippen molar-refractivity contribution >= 4 is 0 Å². The predicted molar refractivity (Wildman–Crippen MR) is 91.4 cm³/mol. The summed E-state index contributed by atoms with van der Waals surface area (Å²) in [4.78, 5) is 2.59. The van der Waals surface area contributed by atoms with Gasteiger partial charge in [0.15, 0.2) is 0 Å². The van der Waals surface area contributed by atoms with Crippen LogP contribution in [-0.4, -0.2) is 30.1 Å². The largest absolute Gasteiger partial charge is 0.311 e. The van der Waals surface area contributed by atoms with Crippen molar-refractivity contribution in [2.45, 2.75) is 65.1 Å². The summed E-state index contributed by atoms with van der Waals surface area (Å²) in [6.45, 7) is 10.6. The molecule has 1 fully saturated rings. The molecule has 1 N–H and O–H groups in total. The highest BCUT2D eigenvalue weighted by Crippen LogP contribution is 2.16. The zero-order valence-electron chi connectivity index (χ0n) is 14.0. The van der Waals surface area contributed by atoms with E-state index in [1.807, 2.05) is 0 Å². The fourth-order valence-corrected chi connectivity index (χ4v) is 3.34.